The van der Waals surface area contributed by atoms with Crippen molar-refractivity contribution < 1.29 is 36.7 Å². The quantitative estimate of drug-likeness (QED) is 0.326. The first-order valence-electron chi connectivity index (χ1n) is 13.6. The summed E-state index contributed by atoms with van der Waals surface area (Å²) in [5.74, 6) is -2.24. The maximum absolute atomic E-state index is 14.4. The van der Waals surface area contributed by atoms with Crippen LogP contribution in [0.3, 0.4) is 0 Å². The van der Waals surface area contributed by atoms with Gasteiger partial charge in [0, 0.05) is 23.1 Å². The number of pyridine rings is 1. The van der Waals surface area contributed by atoms with E-state index in [1.807, 2.05) is 12.2 Å². The van der Waals surface area contributed by atoms with Crippen molar-refractivity contribution in [1.29, 1.82) is 0 Å². The molecule has 43 heavy (non-hydrogen) atoms. The Kier molecular flexibility index (Phi) is 8.74. The number of fused-ring (bicyclic) bond motifs is 1. The highest BCUT2D eigenvalue weighted by Crippen LogP contribution is 2.32. The maximum atomic E-state index is 14.4. The zero-order valence-corrected chi connectivity index (χ0v) is 22.9. The molecule has 8 nitrogen and oxygen atoms in total. The standard InChI is InChI=1S/C31H28F4N4O4/c1-17(24-14-23(43-31(34)35)9-6-19(24)5-4-18-2-3-18)37-30(42)27-13-22(33)16-39(27)28(40)15-36-29(41)26-10-7-20-12-21(32)8-11-25(20)38-26/h4-12,14,18,22,27,31H,1-3,13,15-16H2,(H,36,41)(H,37,42)/b5-4+/t22-,27+/m1/s1. The molecular formula is C31H28F4N4O4. The van der Waals surface area contributed by atoms with Gasteiger partial charge < -0.3 is 20.3 Å². The molecule has 12 heteroatoms. The number of amides is 3. The van der Waals surface area contributed by atoms with Crippen LogP contribution in [0.25, 0.3) is 22.7 Å². The molecule has 2 fully saturated rings. The van der Waals surface area contributed by atoms with E-state index in [9.17, 15) is 31.9 Å². The van der Waals surface area contributed by atoms with Crippen molar-refractivity contribution in [2.75, 3.05) is 13.1 Å². The van der Waals surface area contributed by atoms with E-state index >= 15 is 0 Å². The molecule has 3 aromatic rings. The summed E-state index contributed by atoms with van der Waals surface area (Å²) in [7, 11) is 0. The molecule has 224 valence electrons. The molecule has 1 aliphatic heterocycles. The third kappa shape index (κ3) is 7.37. The van der Waals surface area contributed by atoms with Gasteiger partial charge in [-0.3, -0.25) is 14.4 Å². The van der Waals surface area contributed by atoms with Crippen LogP contribution in [-0.4, -0.2) is 59.5 Å². The number of hydrogen-bond donors (Lipinski definition) is 2. The summed E-state index contributed by atoms with van der Waals surface area (Å²) in [6.07, 6.45) is 4.13. The molecule has 1 aromatic heterocycles. The lowest BCUT2D eigenvalue weighted by Crippen LogP contribution is -2.48. The second-order valence-electron chi connectivity index (χ2n) is 10.4. The number of ether oxygens (including phenoxy) is 1. The molecule has 0 radical (unpaired) electrons. The number of nitrogens with zero attached hydrogens (tertiary/aromatic N) is 2. The Bertz CT molecular complexity index is 1610. The number of alkyl halides is 3. The zero-order chi connectivity index (χ0) is 30.7. The van der Waals surface area contributed by atoms with E-state index in [2.05, 4.69) is 26.9 Å². The smallest absolute Gasteiger partial charge is 0.387 e. The van der Waals surface area contributed by atoms with Crippen LogP contribution in [0.1, 0.15) is 40.9 Å². The molecule has 2 aliphatic rings. The molecular weight excluding hydrogens is 568 g/mol. The number of nitrogens with one attached hydrogen (secondary N) is 2. The predicted octanol–water partition coefficient (Wildman–Crippen LogP) is 4.85. The van der Waals surface area contributed by atoms with Crippen LogP contribution in [0.15, 0.2) is 61.2 Å². The van der Waals surface area contributed by atoms with E-state index < -0.39 is 48.9 Å². The van der Waals surface area contributed by atoms with Crippen LogP contribution in [0, 0.1) is 11.7 Å². The average Bonchev–Trinajstić information content (AvgIpc) is 3.72. The zero-order valence-electron chi connectivity index (χ0n) is 22.9. The fraction of sp³-hybridized carbons (Fsp3) is 0.290. The van der Waals surface area contributed by atoms with Crippen molar-refractivity contribution in [3.05, 3.63) is 83.8 Å². The van der Waals surface area contributed by atoms with E-state index in [4.69, 9.17) is 0 Å². The summed E-state index contributed by atoms with van der Waals surface area (Å²) in [5, 5.41) is 5.51. The van der Waals surface area contributed by atoms with Gasteiger partial charge in [0.25, 0.3) is 5.91 Å². The average molecular weight is 597 g/mol. The number of carbonyl (C=O) groups excluding carboxylic acids is 3. The number of benzene rings is 2. The van der Waals surface area contributed by atoms with Gasteiger partial charge in [0.2, 0.25) is 11.8 Å². The third-order valence-electron chi connectivity index (χ3n) is 7.18. The maximum Gasteiger partial charge on any atom is 0.387 e. The minimum absolute atomic E-state index is 0.00752. The van der Waals surface area contributed by atoms with Gasteiger partial charge in [-0.15, -0.1) is 0 Å². The van der Waals surface area contributed by atoms with Crippen molar-refractivity contribution in [2.24, 2.45) is 5.92 Å². The highest BCUT2D eigenvalue weighted by atomic mass is 19.3. The van der Waals surface area contributed by atoms with Gasteiger partial charge in [0.15, 0.2) is 0 Å². The minimum atomic E-state index is -3.05. The minimum Gasteiger partial charge on any atom is -0.435 e. The highest BCUT2D eigenvalue weighted by molar-refractivity contribution is 5.98. The molecule has 2 atom stereocenters. The Morgan fingerprint density at radius 2 is 1.91 bits per heavy atom. The van der Waals surface area contributed by atoms with Gasteiger partial charge in [0.1, 0.15) is 29.5 Å². The van der Waals surface area contributed by atoms with Gasteiger partial charge in [0.05, 0.1) is 18.6 Å². The predicted molar refractivity (Wildman–Crippen MR) is 151 cm³/mol. The number of halogens is 4. The Morgan fingerprint density at radius 1 is 1.12 bits per heavy atom. The molecule has 1 saturated carbocycles. The number of hydrogen-bond acceptors (Lipinski definition) is 5. The lowest BCUT2D eigenvalue weighted by atomic mass is 10.0. The van der Waals surface area contributed by atoms with Crippen molar-refractivity contribution in [2.45, 2.75) is 38.1 Å². The molecule has 1 saturated heterocycles. The molecule has 5 rings (SSSR count). The normalized spacial score (nSPS) is 18.3. The third-order valence-corrected chi connectivity index (χ3v) is 7.18. The first-order valence-corrected chi connectivity index (χ1v) is 13.6. The van der Waals surface area contributed by atoms with Crippen molar-refractivity contribution >= 4 is 40.4 Å². The molecule has 0 bridgehead atoms. The lowest BCUT2D eigenvalue weighted by molar-refractivity contribution is -0.137. The second-order valence-corrected chi connectivity index (χ2v) is 10.4. The number of rotatable bonds is 10. The van der Waals surface area contributed by atoms with Gasteiger partial charge in [-0.25, -0.2) is 13.8 Å². The van der Waals surface area contributed by atoms with E-state index in [0.29, 0.717) is 27.9 Å². The Hall–Kier alpha value is -4.74. The Labute approximate surface area is 244 Å². The first kappa shape index (κ1) is 29.7. The van der Waals surface area contributed by atoms with Gasteiger partial charge in [-0.05, 0) is 60.7 Å². The van der Waals surface area contributed by atoms with Crippen molar-refractivity contribution in [3.63, 3.8) is 0 Å². The van der Waals surface area contributed by atoms with Crippen LogP contribution in [0.5, 0.6) is 5.75 Å². The van der Waals surface area contributed by atoms with Gasteiger partial charge >= 0.3 is 6.61 Å². The highest BCUT2D eigenvalue weighted by Gasteiger charge is 2.40. The number of allylic oxidation sites excluding steroid dienone is 1. The van der Waals surface area contributed by atoms with Gasteiger partial charge in [-0.2, -0.15) is 8.78 Å². The molecule has 2 aromatic carbocycles. The van der Waals surface area contributed by atoms with E-state index in [1.165, 1.54) is 42.5 Å². The molecule has 0 spiro atoms. The summed E-state index contributed by atoms with van der Waals surface area (Å²) in [4.78, 5) is 44.1. The summed E-state index contributed by atoms with van der Waals surface area (Å²) in [6.45, 7) is -0.0535. The monoisotopic (exact) mass is 596 g/mol. The number of aromatic nitrogens is 1. The molecule has 2 heterocycles. The van der Waals surface area contributed by atoms with E-state index in [0.717, 1.165) is 17.7 Å². The molecule has 0 unspecified atom stereocenters. The van der Waals surface area contributed by atoms with Crippen LogP contribution in [0.2, 0.25) is 0 Å². The molecule has 1 aliphatic carbocycles. The van der Waals surface area contributed by atoms with Crippen LogP contribution in [-0.2, 0) is 9.59 Å². The summed E-state index contributed by atoms with van der Waals surface area (Å²) in [6, 6.07) is 9.87. The largest absolute Gasteiger partial charge is 0.435 e. The number of carbonyl (C=O) groups is 3. The summed E-state index contributed by atoms with van der Waals surface area (Å²) < 4.78 is 58.0. The Balaban J connectivity index is 1.24. The summed E-state index contributed by atoms with van der Waals surface area (Å²) in [5.41, 5.74) is 1.37. The molecule has 3 amide bonds. The van der Waals surface area contributed by atoms with Crippen LogP contribution >= 0.6 is 0 Å². The first-order chi connectivity index (χ1) is 20.6. The Morgan fingerprint density at radius 3 is 2.65 bits per heavy atom. The number of likely N-dealkylation sites (tertiary alicyclic amines) is 1. The molecule has 2 N–H and O–H groups in total. The van der Waals surface area contributed by atoms with Crippen molar-refractivity contribution in [1.82, 2.24) is 20.5 Å². The summed E-state index contributed by atoms with van der Waals surface area (Å²) >= 11 is 0. The topological polar surface area (TPSA) is 101 Å². The van der Waals surface area contributed by atoms with E-state index in [-0.39, 0.29) is 30.1 Å². The second kappa shape index (κ2) is 12.6. The van der Waals surface area contributed by atoms with Crippen molar-refractivity contribution in [3.8, 4) is 5.75 Å². The fourth-order valence-electron chi connectivity index (χ4n) is 4.83. The lowest BCUT2D eigenvalue weighted by Gasteiger charge is -2.24. The SMILES string of the molecule is C=C(NC(=O)[C@@H]1C[C@@H](F)CN1C(=O)CNC(=O)c1ccc2cc(F)ccc2n1)c1cc(OC(F)F)ccc1/C=C/C1CC1. The van der Waals surface area contributed by atoms with E-state index in [1.54, 1.807) is 6.07 Å². The van der Waals surface area contributed by atoms with Gasteiger partial charge in [-0.1, -0.05) is 30.9 Å². The van der Waals surface area contributed by atoms with Crippen LogP contribution in [0.4, 0.5) is 17.6 Å². The fourth-order valence-corrected chi connectivity index (χ4v) is 4.83. The van der Waals surface area contributed by atoms with Crippen LogP contribution < -0.4 is 15.4 Å².